The van der Waals surface area contributed by atoms with Crippen molar-refractivity contribution in [2.24, 2.45) is 0 Å². The Balaban J connectivity index is 2.52. The van der Waals surface area contributed by atoms with E-state index >= 15 is 0 Å². The Morgan fingerprint density at radius 3 is 2.35 bits per heavy atom. The van der Waals surface area contributed by atoms with Crippen LogP contribution in [0.1, 0.15) is 46.1 Å². The maximum Gasteiger partial charge on any atom is 0.127 e. The zero-order valence-corrected chi connectivity index (χ0v) is 15.0. The third kappa shape index (κ3) is 4.28. The van der Waals surface area contributed by atoms with Crippen molar-refractivity contribution in [2.75, 3.05) is 13.7 Å². The predicted octanol–water partition coefficient (Wildman–Crippen LogP) is 5.84. The molecule has 0 radical (unpaired) electrons. The molecule has 2 heteroatoms. The van der Waals surface area contributed by atoms with E-state index in [2.05, 4.69) is 58.0 Å². The molecule has 23 heavy (non-hydrogen) atoms. The second-order valence-corrected chi connectivity index (χ2v) is 6.86. The van der Waals surface area contributed by atoms with Crippen LogP contribution in [0, 0.1) is 0 Å². The van der Waals surface area contributed by atoms with Crippen molar-refractivity contribution in [3.63, 3.8) is 0 Å². The smallest absolute Gasteiger partial charge is 0.127 e. The molecule has 2 aromatic rings. The van der Waals surface area contributed by atoms with E-state index in [1.54, 1.807) is 7.11 Å². The first-order chi connectivity index (χ1) is 11.0. The maximum absolute atomic E-state index is 6.04. The molecular formula is C21H28O2. The zero-order valence-electron chi connectivity index (χ0n) is 15.0. The Hall–Kier alpha value is -1.96. The molecule has 0 heterocycles. The van der Waals surface area contributed by atoms with E-state index in [9.17, 15) is 0 Å². The first-order valence-corrected chi connectivity index (χ1v) is 8.38. The first kappa shape index (κ1) is 17.4. The van der Waals surface area contributed by atoms with Crippen LogP contribution in [0.25, 0.3) is 11.1 Å². The molecule has 2 rings (SSSR count). The molecule has 2 aromatic carbocycles. The molecule has 0 bridgehead atoms. The van der Waals surface area contributed by atoms with Gasteiger partial charge in [-0.3, -0.25) is 0 Å². The number of unbranched alkanes of at least 4 members (excludes halogenated alkanes) is 1. The molecule has 0 aliphatic heterocycles. The van der Waals surface area contributed by atoms with Crippen LogP contribution in [0.2, 0.25) is 0 Å². The van der Waals surface area contributed by atoms with Gasteiger partial charge in [0.25, 0.3) is 0 Å². The van der Waals surface area contributed by atoms with Crippen molar-refractivity contribution in [2.45, 2.75) is 46.0 Å². The summed E-state index contributed by atoms with van der Waals surface area (Å²) in [5.74, 6) is 1.78. The van der Waals surface area contributed by atoms with Crippen molar-refractivity contribution in [1.29, 1.82) is 0 Å². The average molecular weight is 312 g/mol. The van der Waals surface area contributed by atoms with E-state index in [0.29, 0.717) is 0 Å². The van der Waals surface area contributed by atoms with Crippen LogP contribution in [0.3, 0.4) is 0 Å². The van der Waals surface area contributed by atoms with E-state index in [1.165, 1.54) is 11.1 Å². The minimum Gasteiger partial charge on any atom is -0.497 e. The monoisotopic (exact) mass is 312 g/mol. The predicted molar refractivity (Wildman–Crippen MR) is 97.5 cm³/mol. The Bertz CT molecular complexity index is 639. The second kappa shape index (κ2) is 7.54. The quantitative estimate of drug-likeness (QED) is 0.624. The summed E-state index contributed by atoms with van der Waals surface area (Å²) in [4.78, 5) is 0. The van der Waals surface area contributed by atoms with Gasteiger partial charge in [-0.15, -0.1) is 0 Å². The average Bonchev–Trinajstić information content (AvgIpc) is 2.54. The summed E-state index contributed by atoms with van der Waals surface area (Å²) in [6, 6.07) is 14.6. The number of hydrogen-bond acceptors (Lipinski definition) is 2. The molecule has 0 saturated carbocycles. The molecular weight excluding hydrogens is 284 g/mol. The van der Waals surface area contributed by atoms with Gasteiger partial charge in [0, 0.05) is 5.56 Å². The van der Waals surface area contributed by atoms with Gasteiger partial charge >= 0.3 is 0 Å². The van der Waals surface area contributed by atoms with Crippen molar-refractivity contribution >= 4 is 0 Å². The lowest BCUT2D eigenvalue weighted by molar-refractivity contribution is 0.310. The number of rotatable bonds is 6. The van der Waals surface area contributed by atoms with Crippen LogP contribution in [0.15, 0.2) is 42.5 Å². The number of benzene rings is 2. The van der Waals surface area contributed by atoms with Gasteiger partial charge < -0.3 is 9.47 Å². The lowest BCUT2D eigenvalue weighted by Crippen LogP contribution is -2.13. The second-order valence-electron chi connectivity index (χ2n) is 6.86. The van der Waals surface area contributed by atoms with E-state index < -0.39 is 0 Å². The van der Waals surface area contributed by atoms with E-state index in [1.807, 2.05) is 12.1 Å². The van der Waals surface area contributed by atoms with Gasteiger partial charge in [-0.1, -0.05) is 58.4 Å². The summed E-state index contributed by atoms with van der Waals surface area (Å²) in [5, 5.41) is 0. The summed E-state index contributed by atoms with van der Waals surface area (Å²) in [6.45, 7) is 9.64. The van der Waals surface area contributed by atoms with Crippen LogP contribution >= 0.6 is 0 Å². The molecule has 0 atom stereocenters. The van der Waals surface area contributed by atoms with Crippen molar-refractivity contribution < 1.29 is 9.47 Å². The Morgan fingerprint density at radius 1 is 0.957 bits per heavy atom. The van der Waals surface area contributed by atoms with E-state index in [4.69, 9.17) is 9.47 Å². The topological polar surface area (TPSA) is 18.5 Å². The fourth-order valence-corrected chi connectivity index (χ4v) is 2.67. The SMILES string of the molecule is CCCCOc1ccc(OC)cc1-c1ccccc1C(C)(C)C. The molecule has 0 N–H and O–H groups in total. The van der Waals surface area contributed by atoms with Gasteiger partial charge in [0.1, 0.15) is 11.5 Å². The van der Waals surface area contributed by atoms with Crippen LogP contribution in [0.4, 0.5) is 0 Å². The van der Waals surface area contributed by atoms with Crippen LogP contribution in [-0.2, 0) is 5.41 Å². The maximum atomic E-state index is 6.04. The summed E-state index contributed by atoms with van der Waals surface area (Å²) < 4.78 is 11.5. The van der Waals surface area contributed by atoms with Crippen molar-refractivity contribution in [1.82, 2.24) is 0 Å². The highest BCUT2D eigenvalue weighted by molar-refractivity contribution is 5.75. The van der Waals surface area contributed by atoms with Gasteiger partial charge in [0.15, 0.2) is 0 Å². The molecule has 0 unspecified atom stereocenters. The normalized spacial score (nSPS) is 11.3. The van der Waals surface area contributed by atoms with E-state index in [-0.39, 0.29) is 5.41 Å². The Labute approximate surface area is 140 Å². The van der Waals surface area contributed by atoms with Gasteiger partial charge in [0.05, 0.1) is 13.7 Å². The van der Waals surface area contributed by atoms with Gasteiger partial charge in [0.2, 0.25) is 0 Å². The summed E-state index contributed by atoms with van der Waals surface area (Å²) in [7, 11) is 1.70. The lowest BCUT2D eigenvalue weighted by Gasteiger charge is -2.24. The summed E-state index contributed by atoms with van der Waals surface area (Å²) in [5.41, 5.74) is 3.70. The van der Waals surface area contributed by atoms with Crippen LogP contribution < -0.4 is 9.47 Å². The number of ether oxygens (including phenoxy) is 2. The molecule has 2 nitrogen and oxygen atoms in total. The third-order valence-corrected chi connectivity index (χ3v) is 3.97. The molecule has 0 aliphatic rings. The highest BCUT2D eigenvalue weighted by Gasteiger charge is 2.20. The largest absolute Gasteiger partial charge is 0.497 e. The highest BCUT2D eigenvalue weighted by atomic mass is 16.5. The summed E-state index contributed by atoms with van der Waals surface area (Å²) in [6.07, 6.45) is 2.19. The highest BCUT2D eigenvalue weighted by Crippen LogP contribution is 2.39. The van der Waals surface area contributed by atoms with E-state index in [0.717, 1.165) is 36.5 Å². The molecule has 0 amide bonds. The molecule has 0 spiro atoms. The Kier molecular flexibility index (Phi) is 5.70. The Morgan fingerprint density at radius 2 is 1.70 bits per heavy atom. The molecule has 0 fully saturated rings. The molecule has 0 saturated heterocycles. The number of hydrogen-bond donors (Lipinski definition) is 0. The zero-order chi connectivity index (χ0) is 16.9. The summed E-state index contributed by atoms with van der Waals surface area (Å²) >= 11 is 0. The van der Waals surface area contributed by atoms with Gasteiger partial charge in [-0.2, -0.15) is 0 Å². The first-order valence-electron chi connectivity index (χ1n) is 8.38. The molecule has 0 aromatic heterocycles. The minimum atomic E-state index is 0.0698. The fourth-order valence-electron chi connectivity index (χ4n) is 2.67. The lowest BCUT2D eigenvalue weighted by atomic mass is 9.81. The fraction of sp³-hybridized carbons (Fsp3) is 0.429. The van der Waals surface area contributed by atoms with Crippen LogP contribution in [0.5, 0.6) is 11.5 Å². The van der Waals surface area contributed by atoms with Gasteiger partial charge in [-0.25, -0.2) is 0 Å². The van der Waals surface area contributed by atoms with Crippen molar-refractivity contribution in [3.8, 4) is 22.6 Å². The standard InChI is InChI=1S/C21H28O2/c1-6-7-14-23-20-13-12-16(22-5)15-18(20)17-10-8-9-11-19(17)21(2,3)4/h8-13,15H,6-7,14H2,1-5H3. The number of methoxy groups -OCH3 is 1. The third-order valence-electron chi connectivity index (χ3n) is 3.97. The minimum absolute atomic E-state index is 0.0698. The van der Waals surface area contributed by atoms with Crippen LogP contribution in [-0.4, -0.2) is 13.7 Å². The van der Waals surface area contributed by atoms with Gasteiger partial charge in [-0.05, 0) is 41.2 Å². The molecule has 0 aliphatic carbocycles. The molecule has 124 valence electrons. The van der Waals surface area contributed by atoms with Crippen molar-refractivity contribution in [3.05, 3.63) is 48.0 Å².